The van der Waals surface area contributed by atoms with Gasteiger partial charge in [0.25, 0.3) is 5.56 Å². The van der Waals surface area contributed by atoms with Crippen LogP contribution >= 0.6 is 23.4 Å². The Kier molecular flexibility index (Phi) is 4.60. The molecule has 0 radical (unpaired) electrons. The minimum Gasteiger partial charge on any atom is -0.277 e. The second-order valence-corrected chi connectivity index (χ2v) is 7.31. The number of para-hydroxylation sites is 1. The first-order chi connectivity index (χ1) is 13.1. The Balaban J connectivity index is 1.83. The SMILES string of the molecule is CCn1c(=O)c2ccccc2n2c(CSc3ccc(Cl)cc3C#N)nnc12. The highest BCUT2D eigenvalue weighted by atomic mass is 35.5. The summed E-state index contributed by atoms with van der Waals surface area (Å²) in [6.45, 7) is 2.42. The third-order valence-electron chi connectivity index (χ3n) is 4.31. The van der Waals surface area contributed by atoms with Gasteiger partial charge in [0, 0.05) is 16.5 Å². The number of benzene rings is 2. The van der Waals surface area contributed by atoms with Gasteiger partial charge in [-0.3, -0.25) is 13.8 Å². The Morgan fingerprint density at radius 2 is 2.04 bits per heavy atom. The maximum Gasteiger partial charge on any atom is 0.262 e. The number of fused-ring (bicyclic) bond motifs is 3. The minimum absolute atomic E-state index is 0.0725. The number of thioether (sulfide) groups is 1. The number of halogens is 1. The summed E-state index contributed by atoms with van der Waals surface area (Å²) in [7, 11) is 0. The van der Waals surface area contributed by atoms with Crippen LogP contribution in [0.3, 0.4) is 0 Å². The molecule has 0 saturated heterocycles. The molecule has 0 spiro atoms. The Labute approximate surface area is 164 Å². The molecule has 2 heterocycles. The van der Waals surface area contributed by atoms with Crippen molar-refractivity contribution in [3.63, 3.8) is 0 Å². The van der Waals surface area contributed by atoms with Crippen molar-refractivity contribution in [2.45, 2.75) is 24.1 Å². The highest BCUT2D eigenvalue weighted by Crippen LogP contribution is 2.28. The number of rotatable bonds is 4. The molecular formula is C19H14ClN5OS. The summed E-state index contributed by atoms with van der Waals surface area (Å²) in [5.41, 5.74) is 1.23. The molecule has 27 heavy (non-hydrogen) atoms. The number of hydrogen-bond acceptors (Lipinski definition) is 5. The van der Waals surface area contributed by atoms with Crippen molar-refractivity contribution in [3.05, 3.63) is 69.2 Å². The van der Waals surface area contributed by atoms with Crippen LogP contribution in [0.25, 0.3) is 16.7 Å². The molecular weight excluding hydrogens is 382 g/mol. The van der Waals surface area contributed by atoms with Gasteiger partial charge in [-0.15, -0.1) is 22.0 Å². The lowest BCUT2D eigenvalue weighted by Gasteiger charge is -2.09. The van der Waals surface area contributed by atoms with Crippen molar-refractivity contribution < 1.29 is 0 Å². The van der Waals surface area contributed by atoms with Gasteiger partial charge in [-0.25, -0.2) is 0 Å². The quantitative estimate of drug-likeness (QED) is 0.490. The van der Waals surface area contributed by atoms with Gasteiger partial charge in [0.05, 0.1) is 22.2 Å². The molecule has 0 aliphatic carbocycles. The average Bonchev–Trinajstić information content (AvgIpc) is 3.11. The highest BCUT2D eigenvalue weighted by molar-refractivity contribution is 7.98. The highest BCUT2D eigenvalue weighted by Gasteiger charge is 2.16. The van der Waals surface area contributed by atoms with Crippen LogP contribution in [0.5, 0.6) is 0 Å². The fourth-order valence-electron chi connectivity index (χ4n) is 3.05. The molecule has 4 rings (SSSR count). The smallest absolute Gasteiger partial charge is 0.262 e. The van der Waals surface area contributed by atoms with Crippen molar-refractivity contribution in [1.82, 2.24) is 19.2 Å². The van der Waals surface area contributed by atoms with Crippen molar-refractivity contribution in [1.29, 1.82) is 5.26 Å². The van der Waals surface area contributed by atoms with E-state index in [1.165, 1.54) is 11.8 Å². The summed E-state index contributed by atoms with van der Waals surface area (Å²) < 4.78 is 3.53. The van der Waals surface area contributed by atoms with Crippen LogP contribution < -0.4 is 5.56 Å². The zero-order chi connectivity index (χ0) is 19.0. The van der Waals surface area contributed by atoms with E-state index in [1.807, 2.05) is 41.7 Å². The van der Waals surface area contributed by atoms with E-state index >= 15 is 0 Å². The van der Waals surface area contributed by atoms with Gasteiger partial charge in [-0.05, 0) is 37.3 Å². The van der Waals surface area contributed by atoms with Gasteiger partial charge in [0.2, 0.25) is 5.78 Å². The van der Waals surface area contributed by atoms with Gasteiger partial charge < -0.3 is 0 Å². The Bertz CT molecular complexity index is 1270. The predicted molar refractivity (Wildman–Crippen MR) is 106 cm³/mol. The van der Waals surface area contributed by atoms with Crippen molar-refractivity contribution in [2.75, 3.05) is 0 Å². The monoisotopic (exact) mass is 395 g/mol. The molecule has 0 bridgehead atoms. The molecule has 4 aromatic rings. The molecule has 0 aliphatic heterocycles. The van der Waals surface area contributed by atoms with Crippen LogP contribution in [-0.2, 0) is 12.3 Å². The number of nitriles is 1. The molecule has 0 aliphatic rings. The first kappa shape index (κ1) is 17.6. The van der Waals surface area contributed by atoms with E-state index in [1.54, 1.807) is 16.7 Å². The van der Waals surface area contributed by atoms with Crippen molar-refractivity contribution in [2.24, 2.45) is 0 Å². The standard InChI is InChI=1S/C19H14ClN5OS/c1-2-24-18(26)14-5-3-4-6-15(14)25-17(22-23-19(24)25)11-27-16-8-7-13(20)9-12(16)10-21/h3-9H,2,11H2,1H3. The number of aryl methyl sites for hydroxylation is 1. The van der Waals surface area contributed by atoms with Gasteiger partial charge in [-0.2, -0.15) is 5.26 Å². The lowest BCUT2D eigenvalue weighted by atomic mass is 10.2. The Hall–Kier alpha value is -2.82. The molecule has 134 valence electrons. The largest absolute Gasteiger partial charge is 0.277 e. The number of aromatic nitrogens is 4. The predicted octanol–water partition coefficient (Wildman–Crippen LogP) is 3.88. The van der Waals surface area contributed by atoms with E-state index in [9.17, 15) is 10.1 Å². The van der Waals surface area contributed by atoms with Crippen LogP contribution in [0.4, 0.5) is 0 Å². The Morgan fingerprint density at radius 3 is 2.81 bits per heavy atom. The lowest BCUT2D eigenvalue weighted by molar-refractivity contribution is 0.735. The second-order valence-electron chi connectivity index (χ2n) is 5.86. The molecule has 8 heteroatoms. The summed E-state index contributed by atoms with van der Waals surface area (Å²) >= 11 is 7.46. The van der Waals surface area contributed by atoms with Gasteiger partial charge in [0.1, 0.15) is 11.9 Å². The maximum atomic E-state index is 12.7. The fraction of sp³-hybridized carbons (Fsp3) is 0.158. The average molecular weight is 396 g/mol. The number of hydrogen-bond donors (Lipinski definition) is 0. The van der Waals surface area contributed by atoms with E-state index in [0.717, 1.165) is 10.4 Å². The lowest BCUT2D eigenvalue weighted by Crippen LogP contribution is -2.22. The summed E-state index contributed by atoms with van der Waals surface area (Å²) in [6, 6.07) is 14.8. The fourth-order valence-corrected chi connectivity index (χ4v) is 4.12. The van der Waals surface area contributed by atoms with Crippen LogP contribution in [-0.4, -0.2) is 19.2 Å². The minimum atomic E-state index is -0.0725. The number of nitrogens with zero attached hydrogens (tertiary/aromatic N) is 5. The Morgan fingerprint density at radius 1 is 1.22 bits per heavy atom. The molecule has 0 fully saturated rings. The molecule has 0 amide bonds. The van der Waals surface area contributed by atoms with Crippen LogP contribution in [0.1, 0.15) is 18.3 Å². The summed E-state index contributed by atoms with van der Waals surface area (Å²) in [5, 5.41) is 19.0. The summed E-state index contributed by atoms with van der Waals surface area (Å²) in [4.78, 5) is 13.5. The van der Waals surface area contributed by atoms with E-state index in [-0.39, 0.29) is 5.56 Å². The molecule has 0 saturated carbocycles. The molecule has 0 N–H and O–H groups in total. The molecule has 0 atom stereocenters. The van der Waals surface area contributed by atoms with Gasteiger partial charge in [0.15, 0.2) is 0 Å². The zero-order valence-corrected chi connectivity index (χ0v) is 16.0. The molecule has 2 aromatic carbocycles. The summed E-state index contributed by atoms with van der Waals surface area (Å²) in [6.07, 6.45) is 0. The first-order valence-corrected chi connectivity index (χ1v) is 9.68. The summed E-state index contributed by atoms with van der Waals surface area (Å²) in [5.74, 6) is 1.74. The normalized spacial score (nSPS) is 11.1. The van der Waals surface area contributed by atoms with E-state index < -0.39 is 0 Å². The third-order valence-corrected chi connectivity index (χ3v) is 5.61. The van der Waals surface area contributed by atoms with E-state index in [4.69, 9.17) is 11.6 Å². The van der Waals surface area contributed by atoms with Crippen LogP contribution in [0.2, 0.25) is 5.02 Å². The molecule has 2 aromatic heterocycles. The topological polar surface area (TPSA) is 76.0 Å². The second kappa shape index (κ2) is 7.06. The van der Waals surface area contributed by atoms with E-state index in [0.29, 0.717) is 39.9 Å². The van der Waals surface area contributed by atoms with Gasteiger partial charge in [-0.1, -0.05) is 23.7 Å². The van der Waals surface area contributed by atoms with Crippen molar-refractivity contribution >= 4 is 40.0 Å². The third kappa shape index (κ3) is 2.97. The van der Waals surface area contributed by atoms with E-state index in [2.05, 4.69) is 16.3 Å². The van der Waals surface area contributed by atoms with Gasteiger partial charge >= 0.3 is 0 Å². The van der Waals surface area contributed by atoms with Crippen molar-refractivity contribution in [3.8, 4) is 6.07 Å². The van der Waals surface area contributed by atoms with Crippen LogP contribution in [0.15, 0.2) is 52.2 Å². The molecule has 0 unspecified atom stereocenters. The zero-order valence-electron chi connectivity index (χ0n) is 14.4. The first-order valence-electron chi connectivity index (χ1n) is 8.32. The molecule has 6 nitrogen and oxygen atoms in total. The maximum absolute atomic E-state index is 12.7. The van der Waals surface area contributed by atoms with Crippen LogP contribution in [0, 0.1) is 11.3 Å².